The fraction of sp³-hybridized carbons (Fsp3) is 0.333. The highest BCUT2D eigenvalue weighted by Gasteiger charge is 2.13. The van der Waals surface area contributed by atoms with Crippen LogP contribution in [0.4, 0.5) is 0 Å². The van der Waals surface area contributed by atoms with Crippen LogP contribution in [0.3, 0.4) is 0 Å². The minimum atomic E-state index is -0.0361. The SMILES string of the molecule is Cc1ccc(C(=O)NCCCc2nc3ccccc3n2CCOc2cc(C)ccc2C(C)C)cc1. The number of carbonyl (C=O) groups is 1. The Hall–Kier alpha value is -3.60. The van der Waals surface area contributed by atoms with Gasteiger partial charge in [-0.25, -0.2) is 4.98 Å². The Bertz CT molecular complexity index is 1290. The molecule has 182 valence electrons. The zero-order chi connectivity index (χ0) is 24.8. The lowest BCUT2D eigenvalue weighted by Crippen LogP contribution is -2.25. The molecule has 0 spiro atoms. The van der Waals surface area contributed by atoms with Gasteiger partial charge in [-0.05, 0) is 67.6 Å². The van der Waals surface area contributed by atoms with Crippen molar-refractivity contribution in [1.82, 2.24) is 14.9 Å². The van der Waals surface area contributed by atoms with E-state index < -0.39 is 0 Å². The van der Waals surface area contributed by atoms with Gasteiger partial charge in [0.15, 0.2) is 0 Å². The number of rotatable bonds is 10. The lowest BCUT2D eigenvalue weighted by molar-refractivity contribution is 0.0953. The molecule has 35 heavy (non-hydrogen) atoms. The maximum Gasteiger partial charge on any atom is 0.251 e. The van der Waals surface area contributed by atoms with Crippen molar-refractivity contribution in [2.75, 3.05) is 13.2 Å². The Morgan fingerprint density at radius 3 is 2.51 bits per heavy atom. The van der Waals surface area contributed by atoms with Gasteiger partial charge in [0.25, 0.3) is 5.91 Å². The molecule has 0 saturated heterocycles. The quantitative estimate of drug-likeness (QED) is 0.281. The van der Waals surface area contributed by atoms with E-state index in [1.54, 1.807) is 0 Å². The summed E-state index contributed by atoms with van der Waals surface area (Å²) in [6.45, 7) is 10.4. The van der Waals surface area contributed by atoms with Crippen molar-refractivity contribution < 1.29 is 9.53 Å². The van der Waals surface area contributed by atoms with E-state index >= 15 is 0 Å². The van der Waals surface area contributed by atoms with E-state index in [2.05, 4.69) is 54.9 Å². The van der Waals surface area contributed by atoms with Crippen LogP contribution in [0.25, 0.3) is 11.0 Å². The molecule has 0 aliphatic rings. The standard InChI is InChI=1S/C30H35N3O2/c1-21(2)25-16-13-23(4)20-28(25)35-19-18-33-27-9-6-5-8-26(27)32-29(33)10-7-17-31-30(34)24-14-11-22(3)12-15-24/h5-6,8-9,11-16,20-21H,7,10,17-19H2,1-4H3,(H,31,34). The molecule has 0 saturated carbocycles. The summed E-state index contributed by atoms with van der Waals surface area (Å²) < 4.78 is 8.52. The van der Waals surface area contributed by atoms with Crippen molar-refractivity contribution in [1.29, 1.82) is 0 Å². The Morgan fingerprint density at radius 2 is 1.74 bits per heavy atom. The largest absolute Gasteiger partial charge is 0.491 e. The summed E-state index contributed by atoms with van der Waals surface area (Å²) in [5, 5.41) is 3.03. The van der Waals surface area contributed by atoms with E-state index in [1.165, 1.54) is 11.1 Å². The average Bonchev–Trinajstić information content (AvgIpc) is 3.19. The summed E-state index contributed by atoms with van der Waals surface area (Å²) in [5.41, 5.74) is 6.37. The summed E-state index contributed by atoms with van der Waals surface area (Å²) in [5.74, 6) is 2.36. The van der Waals surface area contributed by atoms with Gasteiger partial charge in [-0.2, -0.15) is 0 Å². The Kier molecular flexibility index (Phi) is 7.86. The Labute approximate surface area is 208 Å². The number of aromatic nitrogens is 2. The topological polar surface area (TPSA) is 56.2 Å². The molecule has 4 aromatic rings. The molecule has 0 aliphatic heterocycles. The Balaban J connectivity index is 1.39. The van der Waals surface area contributed by atoms with Gasteiger partial charge in [-0.15, -0.1) is 0 Å². The summed E-state index contributed by atoms with van der Waals surface area (Å²) in [6, 6.07) is 22.3. The van der Waals surface area contributed by atoms with Crippen LogP contribution in [0.5, 0.6) is 5.75 Å². The van der Waals surface area contributed by atoms with Gasteiger partial charge >= 0.3 is 0 Å². The molecule has 1 amide bonds. The lowest BCUT2D eigenvalue weighted by Gasteiger charge is -2.16. The minimum absolute atomic E-state index is 0.0361. The number of hydrogen-bond acceptors (Lipinski definition) is 3. The number of amides is 1. The molecule has 0 fully saturated rings. The maximum absolute atomic E-state index is 12.4. The van der Waals surface area contributed by atoms with E-state index in [0.717, 1.165) is 47.6 Å². The van der Waals surface area contributed by atoms with Crippen LogP contribution in [0.1, 0.15) is 59.1 Å². The molecular formula is C30H35N3O2. The molecule has 3 aromatic carbocycles. The molecule has 0 atom stereocenters. The monoisotopic (exact) mass is 469 g/mol. The smallest absolute Gasteiger partial charge is 0.251 e. The first-order chi connectivity index (χ1) is 16.9. The molecule has 4 rings (SSSR count). The van der Waals surface area contributed by atoms with Gasteiger partial charge in [-0.1, -0.05) is 55.8 Å². The molecule has 0 radical (unpaired) electrons. The molecule has 1 aromatic heterocycles. The second kappa shape index (κ2) is 11.2. The number of nitrogens with one attached hydrogen (secondary N) is 1. The van der Waals surface area contributed by atoms with Gasteiger partial charge in [-0.3, -0.25) is 4.79 Å². The third kappa shape index (κ3) is 6.10. The van der Waals surface area contributed by atoms with Crippen LogP contribution in [-0.4, -0.2) is 28.6 Å². The second-order valence-corrected chi connectivity index (χ2v) is 9.44. The molecule has 5 nitrogen and oxygen atoms in total. The van der Waals surface area contributed by atoms with Gasteiger partial charge in [0, 0.05) is 18.5 Å². The lowest BCUT2D eigenvalue weighted by atomic mass is 10.0. The van der Waals surface area contributed by atoms with Crippen molar-refractivity contribution in [3.63, 3.8) is 0 Å². The normalized spacial score (nSPS) is 11.2. The maximum atomic E-state index is 12.4. The van der Waals surface area contributed by atoms with Crippen LogP contribution in [-0.2, 0) is 13.0 Å². The summed E-state index contributed by atoms with van der Waals surface area (Å²) in [6.07, 6.45) is 1.60. The van der Waals surface area contributed by atoms with Crippen molar-refractivity contribution >= 4 is 16.9 Å². The summed E-state index contributed by atoms with van der Waals surface area (Å²) >= 11 is 0. The first-order valence-electron chi connectivity index (χ1n) is 12.4. The number of hydrogen-bond donors (Lipinski definition) is 1. The van der Waals surface area contributed by atoms with E-state index in [4.69, 9.17) is 9.72 Å². The van der Waals surface area contributed by atoms with E-state index in [0.29, 0.717) is 24.6 Å². The molecule has 5 heteroatoms. The predicted octanol–water partition coefficient (Wildman–Crippen LogP) is 6.22. The highest BCUT2D eigenvalue weighted by Crippen LogP contribution is 2.27. The average molecular weight is 470 g/mol. The molecule has 0 aliphatic carbocycles. The van der Waals surface area contributed by atoms with Crippen molar-refractivity contribution in [2.24, 2.45) is 0 Å². The molecule has 1 heterocycles. The van der Waals surface area contributed by atoms with Crippen LogP contribution in [0, 0.1) is 13.8 Å². The van der Waals surface area contributed by atoms with Crippen LogP contribution in [0.2, 0.25) is 0 Å². The van der Waals surface area contributed by atoms with Gasteiger partial charge < -0.3 is 14.6 Å². The summed E-state index contributed by atoms with van der Waals surface area (Å²) in [4.78, 5) is 17.3. The van der Waals surface area contributed by atoms with E-state index in [-0.39, 0.29) is 5.91 Å². The first kappa shape index (κ1) is 24.5. The molecule has 1 N–H and O–H groups in total. The van der Waals surface area contributed by atoms with Gasteiger partial charge in [0.05, 0.1) is 17.6 Å². The van der Waals surface area contributed by atoms with Crippen LogP contribution in [0.15, 0.2) is 66.7 Å². The van der Waals surface area contributed by atoms with Gasteiger partial charge in [0.2, 0.25) is 0 Å². The highest BCUT2D eigenvalue weighted by atomic mass is 16.5. The third-order valence-corrected chi connectivity index (χ3v) is 6.27. The van der Waals surface area contributed by atoms with E-state index in [9.17, 15) is 4.79 Å². The number of imidazole rings is 1. The predicted molar refractivity (Wildman–Crippen MR) is 142 cm³/mol. The van der Waals surface area contributed by atoms with Crippen LogP contribution >= 0.6 is 0 Å². The number of para-hydroxylation sites is 2. The zero-order valence-corrected chi connectivity index (χ0v) is 21.2. The Morgan fingerprint density at radius 1 is 1.00 bits per heavy atom. The second-order valence-electron chi connectivity index (χ2n) is 9.44. The number of ether oxygens (including phenoxy) is 1. The van der Waals surface area contributed by atoms with Crippen molar-refractivity contribution in [2.45, 2.75) is 53.0 Å². The van der Waals surface area contributed by atoms with Crippen molar-refractivity contribution in [3.05, 3.63) is 94.8 Å². The number of fused-ring (bicyclic) bond motifs is 1. The minimum Gasteiger partial charge on any atom is -0.491 e. The van der Waals surface area contributed by atoms with Gasteiger partial charge in [0.1, 0.15) is 18.2 Å². The number of nitrogens with zero attached hydrogens (tertiary/aromatic N) is 2. The fourth-order valence-electron chi connectivity index (χ4n) is 4.31. The van der Waals surface area contributed by atoms with Crippen LogP contribution < -0.4 is 10.1 Å². The van der Waals surface area contributed by atoms with E-state index in [1.807, 2.05) is 49.4 Å². The number of carbonyl (C=O) groups excluding carboxylic acids is 1. The van der Waals surface area contributed by atoms with Crippen molar-refractivity contribution in [3.8, 4) is 5.75 Å². The fourth-order valence-corrected chi connectivity index (χ4v) is 4.31. The molecular weight excluding hydrogens is 434 g/mol. The third-order valence-electron chi connectivity index (χ3n) is 6.27. The number of aryl methyl sites for hydroxylation is 3. The number of benzene rings is 3. The molecule has 0 unspecified atom stereocenters. The summed E-state index contributed by atoms with van der Waals surface area (Å²) in [7, 11) is 0. The zero-order valence-electron chi connectivity index (χ0n) is 21.2. The highest BCUT2D eigenvalue weighted by molar-refractivity contribution is 5.94. The molecule has 0 bridgehead atoms. The first-order valence-corrected chi connectivity index (χ1v) is 12.4.